The maximum absolute atomic E-state index is 10.7. The Bertz CT molecular complexity index is 446. The molecule has 0 saturated carbocycles. The van der Waals surface area contributed by atoms with Gasteiger partial charge in [-0.2, -0.15) is 0 Å². The molecule has 1 aliphatic heterocycles. The molecule has 2 rings (SSSR count). The van der Waals surface area contributed by atoms with Crippen LogP contribution in [0.3, 0.4) is 0 Å². The minimum absolute atomic E-state index is 0.121. The Labute approximate surface area is 118 Å². The molecule has 1 aliphatic rings. The van der Waals surface area contributed by atoms with Crippen LogP contribution in [0.1, 0.15) is 43.7 Å². The van der Waals surface area contributed by atoms with E-state index in [-0.39, 0.29) is 23.3 Å². The normalized spacial score (nSPS) is 17.8. The van der Waals surface area contributed by atoms with Gasteiger partial charge in [-0.15, -0.1) is 0 Å². The lowest BCUT2D eigenvalue weighted by Gasteiger charge is -2.35. The van der Waals surface area contributed by atoms with Gasteiger partial charge >= 0.3 is 0 Å². The van der Waals surface area contributed by atoms with E-state index in [9.17, 15) is 20.1 Å². The highest BCUT2D eigenvalue weighted by Gasteiger charge is 2.27. The van der Waals surface area contributed by atoms with E-state index >= 15 is 0 Å². The second-order valence-corrected chi connectivity index (χ2v) is 5.25. The average Bonchev–Trinajstić information content (AvgIpc) is 2.42. The van der Waals surface area contributed by atoms with Crippen LogP contribution in [0.15, 0.2) is 12.1 Å². The van der Waals surface area contributed by atoms with Crippen molar-refractivity contribution in [1.29, 1.82) is 0 Å². The molecular formula is C15H21NO4. The maximum atomic E-state index is 10.7. The van der Waals surface area contributed by atoms with Crippen molar-refractivity contribution in [2.75, 3.05) is 13.1 Å². The minimum atomic E-state index is -0.193. The summed E-state index contributed by atoms with van der Waals surface area (Å²) in [6, 6.07) is 2.26. The summed E-state index contributed by atoms with van der Waals surface area (Å²) in [7, 11) is 0. The lowest BCUT2D eigenvalue weighted by molar-refractivity contribution is -0.108. The summed E-state index contributed by atoms with van der Waals surface area (Å²) in [5.41, 5.74) is 0.409. The number of aldehydes is 1. The van der Waals surface area contributed by atoms with Gasteiger partial charge in [-0.05, 0) is 32.4 Å². The predicted octanol–water partition coefficient (Wildman–Crippen LogP) is 2.31. The Morgan fingerprint density at radius 1 is 1.10 bits per heavy atom. The van der Waals surface area contributed by atoms with Crippen molar-refractivity contribution in [2.45, 2.75) is 38.1 Å². The van der Waals surface area contributed by atoms with Crippen LogP contribution in [-0.4, -0.2) is 39.6 Å². The highest BCUT2D eigenvalue weighted by molar-refractivity contribution is 5.52. The van der Waals surface area contributed by atoms with Crippen molar-refractivity contribution in [2.24, 2.45) is 0 Å². The van der Waals surface area contributed by atoms with Crippen molar-refractivity contribution < 1.29 is 20.1 Å². The number of nitrogens with zero attached hydrogens (tertiary/aromatic N) is 1. The minimum Gasteiger partial charge on any atom is -0.508 e. The number of phenolic OH excluding ortho intramolecular Hbond substituents is 3. The molecule has 1 fully saturated rings. The fourth-order valence-electron chi connectivity index (χ4n) is 2.92. The molecule has 1 atom stereocenters. The highest BCUT2D eigenvalue weighted by atomic mass is 16.3. The van der Waals surface area contributed by atoms with Gasteiger partial charge in [0.25, 0.3) is 0 Å². The summed E-state index contributed by atoms with van der Waals surface area (Å²) in [5, 5.41) is 29.5. The monoisotopic (exact) mass is 279 g/mol. The first-order valence-electron chi connectivity index (χ1n) is 7.06. The van der Waals surface area contributed by atoms with Gasteiger partial charge in [-0.1, -0.05) is 6.42 Å². The first-order valence-corrected chi connectivity index (χ1v) is 7.06. The van der Waals surface area contributed by atoms with Crippen LogP contribution >= 0.6 is 0 Å². The number of carbonyl (C=O) groups excluding carboxylic acids is 1. The molecule has 1 aromatic carbocycles. The number of carbonyl (C=O) groups is 1. The second-order valence-electron chi connectivity index (χ2n) is 5.25. The van der Waals surface area contributed by atoms with Crippen LogP contribution in [0.4, 0.5) is 0 Å². The Morgan fingerprint density at radius 3 is 2.25 bits per heavy atom. The number of hydrogen-bond donors (Lipinski definition) is 3. The Balaban J connectivity index is 2.32. The first-order chi connectivity index (χ1) is 9.63. The number of aromatic hydroxyl groups is 3. The largest absolute Gasteiger partial charge is 0.508 e. The predicted molar refractivity (Wildman–Crippen MR) is 74.9 cm³/mol. The number of rotatable bonds is 5. The summed E-state index contributed by atoms with van der Waals surface area (Å²) in [6.07, 6.45) is 5.13. The van der Waals surface area contributed by atoms with Gasteiger partial charge in [0.15, 0.2) is 0 Å². The standard InChI is InChI=1S/C15H21NO4/c17-8-4-5-12(16-6-2-1-3-7-16)15-13(19)9-11(18)10-14(15)20/h8-10,12,18-20H,1-7H2/t12-/m0/s1. The molecule has 1 saturated heterocycles. The SMILES string of the molecule is O=CCC[C@@H](c1c(O)cc(O)cc1O)N1CCCCC1. The van der Waals surface area contributed by atoms with Gasteiger partial charge in [0.1, 0.15) is 23.5 Å². The lowest BCUT2D eigenvalue weighted by Crippen LogP contribution is -2.34. The van der Waals surface area contributed by atoms with E-state index in [1.165, 1.54) is 18.6 Å². The van der Waals surface area contributed by atoms with E-state index < -0.39 is 0 Å². The fraction of sp³-hybridized carbons (Fsp3) is 0.533. The third-order valence-electron chi connectivity index (χ3n) is 3.84. The number of likely N-dealkylation sites (tertiary alicyclic amines) is 1. The quantitative estimate of drug-likeness (QED) is 0.721. The summed E-state index contributed by atoms with van der Waals surface area (Å²) >= 11 is 0. The molecule has 110 valence electrons. The molecule has 0 aromatic heterocycles. The van der Waals surface area contributed by atoms with Crippen molar-refractivity contribution >= 4 is 6.29 Å². The summed E-state index contributed by atoms with van der Waals surface area (Å²) in [6.45, 7) is 1.78. The second kappa shape index (κ2) is 6.61. The molecule has 5 heteroatoms. The van der Waals surface area contributed by atoms with E-state index in [1.54, 1.807) is 0 Å². The molecule has 0 unspecified atom stereocenters. The average molecular weight is 279 g/mol. The van der Waals surface area contributed by atoms with E-state index in [0.717, 1.165) is 32.2 Å². The van der Waals surface area contributed by atoms with Gasteiger partial charge in [-0.25, -0.2) is 0 Å². The van der Waals surface area contributed by atoms with Crippen molar-refractivity contribution in [3.63, 3.8) is 0 Å². The number of benzene rings is 1. The van der Waals surface area contributed by atoms with Gasteiger partial charge in [0, 0.05) is 24.6 Å². The van der Waals surface area contributed by atoms with Crippen LogP contribution in [0.25, 0.3) is 0 Å². The number of piperidine rings is 1. The van der Waals surface area contributed by atoms with Crippen molar-refractivity contribution in [3.8, 4) is 17.2 Å². The first kappa shape index (κ1) is 14.7. The topological polar surface area (TPSA) is 81.0 Å². The molecule has 0 radical (unpaired) electrons. The third kappa shape index (κ3) is 3.22. The molecule has 0 bridgehead atoms. The third-order valence-corrected chi connectivity index (χ3v) is 3.84. The van der Waals surface area contributed by atoms with Crippen LogP contribution in [0, 0.1) is 0 Å². The molecule has 3 N–H and O–H groups in total. The van der Waals surface area contributed by atoms with Gasteiger partial charge in [0.2, 0.25) is 0 Å². The number of hydrogen-bond acceptors (Lipinski definition) is 5. The molecular weight excluding hydrogens is 258 g/mol. The molecule has 0 spiro atoms. The summed E-state index contributed by atoms with van der Waals surface area (Å²) < 4.78 is 0. The van der Waals surface area contributed by atoms with E-state index in [0.29, 0.717) is 18.4 Å². The Hall–Kier alpha value is -1.75. The van der Waals surface area contributed by atoms with Crippen LogP contribution < -0.4 is 0 Å². The van der Waals surface area contributed by atoms with E-state index in [4.69, 9.17) is 0 Å². The smallest absolute Gasteiger partial charge is 0.127 e. The van der Waals surface area contributed by atoms with Crippen molar-refractivity contribution in [3.05, 3.63) is 17.7 Å². The molecule has 5 nitrogen and oxygen atoms in total. The molecule has 0 aliphatic carbocycles. The molecule has 0 amide bonds. The van der Waals surface area contributed by atoms with Gasteiger partial charge in [-0.3, -0.25) is 4.90 Å². The van der Waals surface area contributed by atoms with Gasteiger partial charge in [0.05, 0.1) is 5.56 Å². The molecule has 1 heterocycles. The maximum Gasteiger partial charge on any atom is 0.127 e. The summed E-state index contributed by atoms with van der Waals surface area (Å²) in [4.78, 5) is 12.9. The van der Waals surface area contributed by atoms with Crippen LogP contribution in [-0.2, 0) is 4.79 Å². The van der Waals surface area contributed by atoms with E-state index in [1.807, 2.05) is 0 Å². The molecule has 20 heavy (non-hydrogen) atoms. The Morgan fingerprint density at radius 2 is 1.70 bits per heavy atom. The lowest BCUT2D eigenvalue weighted by atomic mass is 9.96. The summed E-state index contributed by atoms with van der Waals surface area (Å²) in [5.74, 6) is -0.413. The zero-order chi connectivity index (χ0) is 14.5. The van der Waals surface area contributed by atoms with Crippen LogP contribution in [0.2, 0.25) is 0 Å². The molecule has 1 aromatic rings. The van der Waals surface area contributed by atoms with Gasteiger partial charge < -0.3 is 20.1 Å². The zero-order valence-electron chi connectivity index (χ0n) is 11.5. The fourth-order valence-corrected chi connectivity index (χ4v) is 2.92. The van der Waals surface area contributed by atoms with E-state index in [2.05, 4.69) is 4.90 Å². The van der Waals surface area contributed by atoms with Crippen molar-refractivity contribution in [1.82, 2.24) is 4.90 Å². The zero-order valence-corrected chi connectivity index (χ0v) is 11.5. The van der Waals surface area contributed by atoms with Crippen LogP contribution in [0.5, 0.6) is 17.2 Å². The Kier molecular flexibility index (Phi) is 4.84. The highest BCUT2D eigenvalue weighted by Crippen LogP contribution is 2.41. The number of phenols is 3.